The fourth-order valence-corrected chi connectivity index (χ4v) is 2.93. The van der Waals surface area contributed by atoms with Gasteiger partial charge in [-0.2, -0.15) is 5.26 Å². The zero-order chi connectivity index (χ0) is 19.4. The van der Waals surface area contributed by atoms with Crippen LogP contribution in [0.4, 0.5) is 0 Å². The molecule has 1 aliphatic rings. The first kappa shape index (κ1) is 22.4. The largest absolute Gasteiger partial charge is 0.463 e. The van der Waals surface area contributed by atoms with Crippen LogP contribution in [0.3, 0.4) is 0 Å². The third kappa shape index (κ3) is 7.29. The molecule has 1 rings (SSSR count). The van der Waals surface area contributed by atoms with Gasteiger partial charge in [0, 0.05) is 0 Å². The molecule has 1 heterocycles. The number of aliphatic hydroxyl groups is 1. The summed E-state index contributed by atoms with van der Waals surface area (Å²) in [5, 5.41) is 17.9. The van der Waals surface area contributed by atoms with E-state index in [4.69, 9.17) is 9.99 Å². The molecule has 0 aliphatic carbocycles. The molecule has 3 atom stereocenters. The lowest BCUT2D eigenvalue weighted by Gasteiger charge is -2.14. The lowest BCUT2D eigenvalue weighted by molar-refractivity contribution is -0.242. The Hall–Kier alpha value is -1.67. The number of ether oxygens (including phenoxy) is 2. The van der Waals surface area contributed by atoms with Gasteiger partial charge in [-0.25, -0.2) is 14.4 Å². The second-order valence-corrected chi connectivity index (χ2v) is 6.59. The number of hydrogen-bond donors (Lipinski definition) is 2. The third-order valence-electron chi connectivity index (χ3n) is 4.49. The number of hydrogen-bond acceptors (Lipinski definition) is 8. The van der Waals surface area contributed by atoms with Crippen LogP contribution in [0.2, 0.25) is 0 Å². The van der Waals surface area contributed by atoms with Crippen LogP contribution in [0.5, 0.6) is 0 Å². The molecule has 0 aromatic rings. The summed E-state index contributed by atoms with van der Waals surface area (Å²) >= 11 is 0. The zero-order valence-electron chi connectivity index (χ0n) is 15.4. The molecule has 3 unspecified atom stereocenters. The summed E-state index contributed by atoms with van der Waals surface area (Å²) < 4.78 is 9.65. The van der Waals surface area contributed by atoms with Gasteiger partial charge in [0.05, 0.1) is 6.61 Å². The van der Waals surface area contributed by atoms with Gasteiger partial charge in [-0.15, -0.1) is 0 Å². The maximum absolute atomic E-state index is 11.9. The lowest BCUT2D eigenvalue weighted by Crippen LogP contribution is -2.38. The summed E-state index contributed by atoms with van der Waals surface area (Å²) in [5.74, 6) is -4.99. The van der Waals surface area contributed by atoms with Gasteiger partial charge in [0.1, 0.15) is 5.92 Å². The first-order valence-corrected chi connectivity index (χ1v) is 9.43. The molecule has 0 saturated carbocycles. The van der Waals surface area contributed by atoms with Gasteiger partial charge in [0.15, 0.2) is 6.10 Å². The Morgan fingerprint density at radius 2 is 1.50 bits per heavy atom. The Balaban J connectivity index is 2.14. The number of cyclic esters (lactones) is 1. The topological polar surface area (TPSA) is 119 Å². The van der Waals surface area contributed by atoms with E-state index in [1.807, 2.05) is 0 Å². The Kier molecular flexibility index (Phi) is 10.9. The molecule has 2 N–H and O–H groups in total. The first-order chi connectivity index (χ1) is 12.5. The van der Waals surface area contributed by atoms with E-state index in [-0.39, 0.29) is 6.61 Å². The van der Waals surface area contributed by atoms with Crippen molar-refractivity contribution in [3.05, 3.63) is 0 Å². The van der Waals surface area contributed by atoms with Gasteiger partial charge in [-0.05, 0) is 6.42 Å². The van der Waals surface area contributed by atoms with Gasteiger partial charge >= 0.3 is 17.9 Å². The molecule has 8 nitrogen and oxygen atoms in total. The molecule has 1 aliphatic heterocycles. The van der Waals surface area contributed by atoms with E-state index in [0.717, 1.165) is 19.3 Å². The monoisotopic (exact) mass is 374 g/mol. The minimum atomic E-state index is -1.86. The van der Waals surface area contributed by atoms with Gasteiger partial charge < -0.3 is 19.5 Å². The fourth-order valence-electron chi connectivity index (χ4n) is 2.93. The highest BCUT2D eigenvalue weighted by Gasteiger charge is 2.53. The Labute approximate surface area is 153 Å². The molecule has 0 radical (unpaired) electrons. The van der Waals surface area contributed by atoms with Crippen LogP contribution in [0.15, 0.2) is 0 Å². The predicted octanol–water partition coefficient (Wildman–Crippen LogP) is 2.37. The maximum Gasteiger partial charge on any atom is 0.352 e. The van der Waals surface area contributed by atoms with Crippen LogP contribution in [-0.2, 0) is 28.7 Å². The first-order valence-electron chi connectivity index (χ1n) is 9.43. The smallest absolute Gasteiger partial charge is 0.352 e. The molecule has 0 spiro atoms. The molecule has 0 amide bonds. The highest BCUT2D eigenvalue weighted by Crippen LogP contribution is 2.25. The van der Waals surface area contributed by atoms with E-state index in [1.165, 1.54) is 38.5 Å². The van der Waals surface area contributed by atoms with Crippen molar-refractivity contribution < 1.29 is 39.1 Å². The fraction of sp³-hybridized carbons (Fsp3) is 0.833. The molecule has 26 heavy (non-hydrogen) atoms. The Morgan fingerprint density at radius 1 is 0.962 bits per heavy atom. The summed E-state index contributed by atoms with van der Waals surface area (Å²) in [6.07, 6.45) is 7.94. The van der Waals surface area contributed by atoms with Crippen LogP contribution in [0.25, 0.3) is 0 Å². The average molecular weight is 374 g/mol. The molecule has 0 bridgehead atoms. The number of carbonyl (C=O) groups is 3. The third-order valence-corrected chi connectivity index (χ3v) is 4.49. The Morgan fingerprint density at radius 3 is 2.04 bits per heavy atom. The number of unbranched alkanes of at least 4 members (excludes halogenated alkanes) is 9. The molecule has 0 aromatic carbocycles. The van der Waals surface area contributed by atoms with E-state index in [9.17, 15) is 19.5 Å². The van der Waals surface area contributed by atoms with Crippen molar-refractivity contribution in [2.75, 3.05) is 6.61 Å². The Bertz CT molecular complexity index is 450. The second kappa shape index (κ2) is 12.6. The van der Waals surface area contributed by atoms with Crippen molar-refractivity contribution in [2.45, 2.75) is 83.3 Å². The van der Waals surface area contributed by atoms with Crippen molar-refractivity contribution in [1.82, 2.24) is 0 Å². The number of carbonyl (C=O) groups excluding carboxylic acids is 3. The van der Waals surface area contributed by atoms with Crippen LogP contribution >= 0.6 is 0 Å². The second-order valence-electron chi connectivity index (χ2n) is 6.59. The van der Waals surface area contributed by atoms with Crippen molar-refractivity contribution in [3.8, 4) is 0 Å². The van der Waals surface area contributed by atoms with Crippen LogP contribution in [-0.4, -0.2) is 47.1 Å². The van der Waals surface area contributed by atoms with E-state index in [2.05, 4.69) is 16.5 Å². The highest BCUT2D eigenvalue weighted by atomic mass is 17.1. The SMILES string of the molecule is CCCCCCCCCCCCOC(=O)C1OC(=O)C(O)C1C(=O)OO. The van der Waals surface area contributed by atoms with Crippen molar-refractivity contribution in [1.29, 1.82) is 0 Å². The van der Waals surface area contributed by atoms with E-state index in [0.29, 0.717) is 6.42 Å². The predicted molar refractivity (Wildman–Crippen MR) is 90.9 cm³/mol. The molecular weight excluding hydrogens is 344 g/mol. The summed E-state index contributed by atoms with van der Waals surface area (Å²) in [6.45, 7) is 2.34. The van der Waals surface area contributed by atoms with Crippen LogP contribution in [0.1, 0.15) is 71.1 Å². The van der Waals surface area contributed by atoms with Crippen LogP contribution in [0, 0.1) is 5.92 Å². The van der Waals surface area contributed by atoms with Crippen molar-refractivity contribution in [3.63, 3.8) is 0 Å². The van der Waals surface area contributed by atoms with Gasteiger partial charge in [0.25, 0.3) is 0 Å². The lowest BCUT2D eigenvalue weighted by atomic mass is 9.99. The number of esters is 2. The zero-order valence-corrected chi connectivity index (χ0v) is 15.4. The molecule has 8 heteroatoms. The highest BCUT2D eigenvalue weighted by molar-refractivity contribution is 5.94. The van der Waals surface area contributed by atoms with Gasteiger partial charge in [-0.3, -0.25) is 0 Å². The summed E-state index contributed by atoms with van der Waals surface area (Å²) in [5.41, 5.74) is 0. The minimum Gasteiger partial charge on any atom is -0.463 e. The average Bonchev–Trinajstić information content (AvgIpc) is 2.94. The number of aliphatic hydroxyl groups excluding tert-OH is 1. The number of rotatable bonds is 13. The normalized spacial score (nSPS) is 22.1. The van der Waals surface area contributed by atoms with Gasteiger partial charge in [-0.1, -0.05) is 64.7 Å². The molecule has 150 valence electrons. The standard InChI is InChI=1S/C18H30O8/c1-2-3-4-5-6-7-8-9-10-11-12-24-18(22)15-13(16(20)26-23)14(19)17(21)25-15/h13-15,19,23H,2-12H2,1H3. The van der Waals surface area contributed by atoms with Crippen LogP contribution < -0.4 is 0 Å². The molecule has 0 aromatic heterocycles. The summed E-state index contributed by atoms with van der Waals surface area (Å²) in [6, 6.07) is 0. The molecule has 1 fully saturated rings. The van der Waals surface area contributed by atoms with Gasteiger partial charge in [0.2, 0.25) is 6.10 Å². The van der Waals surface area contributed by atoms with E-state index >= 15 is 0 Å². The summed E-state index contributed by atoms with van der Waals surface area (Å²) in [7, 11) is 0. The quantitative estimate of drug-likeness (QED) is 0.166. The maximum atomic E-state index is 11.9. The minimum absolute atomic E-state index is 0.139. The van der Waals surface area contributed by atoms with E-state index in [1.54, 1.807) is 0 Å². The van der Waals surface area contributed by atoms with Crippen molar-refractivity contribution in [2.24, 2.45) is 5.92 Å². The molecular formula is C18H30O8. The van der Waals surface area contributed by atoms with E-state index < -0.39 is 36.0 Å². The summed E-state index contributed by atoms with van der Waals surface area (Å²) in [4.78, 5) is 38.1. The van der Waals surface area contributed by atoms with Crippen molar-refractivity contribution >= 4 is 17.9 Å². The molecule has 1 saturated heterocycles.